The van der Waals surface area contributed by atoms with Gasteiger partial charge in [-0.1, -0.05) is 30.7 Å². The fourth-order valence-corrected chi connectivity index (χ4v) is 6.52. The van der Waals surface area contributed by atoms with E-state index in [-0.39, 0.29) is 18.0 Å². The summed E-state index contributed by atoms with van der Waals surface area (Å²) in [4.78, 5) is 46.2. The van der Waals surface area contributed by atoms with Crippen LogP contribution in [-0.4, -0.2) is 84.1 Å². The number of likely N-dealkylation sites (tertiary alicyclic amines) is 1. The van der Waals surface area contributed by atoms with Gasteiger partial charge in [-0.25, -0.2) is 9.78 Å². The number of likely N-dealkylation sites (N-methyl/N-ethyl adjacent to an activating group) is 1. The normalized spacial score (nSPS) is 18.2. The maximum Gasteiger partial charge on any atom is 0.330 e. The zero-order chi connectivity index (χ0) is 30.1. The first-order chi connectivity index (χ1) is 20.8. The number of urea groups is 1. The van der Waals surface area contributed by atoms with Crippen molar-refractivity contribution in [3.05, 3.63) is 64.8 Å². The standard InChI is InChI=1S/C32H39ClN8O2/c1-4-29(42)39-13-11-25(12-14-39)41-30-23(21-40(32(41)43)28-8-6-5-7-26(28)33)20-34-31(36-30)35-24-9-10-27(22(2)19-24)38-17-15-37(3)16-18-38/h5-10,19-20,25H,4,11-18,21H2,1-3H3,(H,34,35,36). The number of hydrogen-bond acceptors (Lipinski definition) is 7. The average Bonchev–Trinajstić information content (AvgIpc) is 3.02. The Labute approximate surface area is 258 Å². The molecule has 2 saturated heterocycles. The topological polar surface area (TPSA) is 88.1 Å². The van der Waals surface area contributed by atoms with Gasteiger partial charge >= 0.3 is 6.03 Å². The third-order valence-corrected chi connectivity index (χ3v) is 9.08. The number of aryl methyl sites for hydroxylation is 1. The fourth-order valence-electron chi connectivity index (χ4n) is 6.29. The predicted octanol–water partition coefficient (Wildman–Crippen LogP) is 5.28. The number of anilines is 5. The van der Waals surface area contributed by atoms with Gasteiger partial charge in [0.05, 0.1) is 17.3 Å². The van der Waals surface area contributed by atoms with Crippen molar-refractivity contribution >= 4 is 52.4 Å². The average molecular weight is 603 g/mol. The summed E-state index contributed by atoms with van der Waals surface area (Å²) in [6, 6.07) is 13.4. The third kappa shape index (κ3) is 5.99. The summed E-state index contributed by atoms with van der Waals surface area (Å²) in [6.45, 7) is 9.69. The minimum Gasteiger partial charge on any atom is -0.369 e. The van der Waals surface area contributed by atoms with Gasteiger partial charge in [-0.05, 0) is 62.7 Å². The van der Waals surface area contributed by atoms with Crippen molar-refractivity contribution in [2.75, 3.05) is 66.3 Å². The Morgan fingerprint density at radius 2 is 1.77 bits per heavy atom. The van der Waals surface area contributed by atoms with Crippen molar-refractivity contribution in [1.82, 2.24) is 19.8 Å². The van der Waals surface area contributed by atoms with Crippen LogP contribution >= 0.6 is 11.6 Å². The Kier molecular flexibility index (Phi) is 8.41. The summed E-state index contributed by atoms with van der Waals surface area (Å²) in [5.74, 6) is 1.19. The number of carbonyl (C=O) groups is 2. The van der Waals surface area contributed by atoms with Crippen LogP contribution in [-0.2, 0) is 11.3 Å². The third-order valence-electron chi connectivity index (χ3n) is 8.76. The molecule has 1 aromatic heterocycles. The van der Waals surface area contributed by atoms with Crippen molar-refractivity contribution in [3.63, 3.8) is 0 Å². The number of halogens is 1. The van der Waals surface area contributed by atoms with Crippen LogP contribution in [0.5, 0.6) is 0 Å². The summed E-state index contributed by atoms with van der Waals surface area (Å²) in [6.07, 6.45) is 3.63. The van der Waals surface area contributed by atoms with Crippen molar-refractivity contribution in [3.8, 4) is 0 Å². The number of nitrogens with one attached hydrogen (secondary N) is 1. The lowest BCUT2D eigenvalue weighted by molar-refractivity contribution is -0.131. The van der Waals surface area contributed by atoms with Crippen LogP contribution in [0.25, 0.3) is 0 Å². The van der Waals surface area contributed by atoms with Gasteiger partial charge in [-0.15, -0.1) is 0 Å². The Morgan fingerprint density at radius 3 is 2.47 bits per heavy atom. The first-order valence-corrected chi connectivity index (χ1v) is 15.5. The van der Waals surface area contributed by atoms with Crippen LogP contribution in [0.15, 0.2) is 48.7 Å². The molecule has 3 aliphatic rings. The van der Waals surface area contributed by atoms with Crippen LogP contribution in [0.4, 0.5) is 33.6 Å². The zero-order valence-corrected chi connectivity index (χ0v) is 25.8. The van der Waals surface area contributed by atoms with Crippen molar-refractivity contribution in [1.29, 1.82) is 0 Å². The quantitative estimate of drug-likeness (QED) is 0.411. The minimum atomic E-state index is -0.169. The number of aromatic nitrogens is 2. The molecule has 0 aliphatic carbocycles. The van der Waals surface area contributed by atoms with E-state index in [0.29, 0.717) is 61.4 Å². The summed E-state index contributed by atoms with van der Waals surface area (Å²) >= 11 is 6.55. The van der Waals surface area contributed by atoms with Gasteiger partial charge in [0.15, 0.2) is 0 Å². The lowest BCUT2D eigenvalue weighted by atomic mass is 10.0. The summed E-state index contributed by atoms with van der Waals surface area (Å²) in [5.41, 5.74) is 4.83. The highest BCUT2D eigenvalue weighted by molar-refractivity contribution is 6.34. The molecule has 6 rings (SSSR count). The smallest absolute Gasteiger partial charge is 0.330 e. The second kappa shape index (κ2) is 12.4. The van der Waals surface area contributed by atoms with Crippen molar-refractivity contribution in [2.24, 2.45) is 0 Å². The number of benzene rings is 2. The molecule has 4 heterocycles. The molecule has 0 spiro atoms. The molecule has 3 aromatic rings. The number of nitrogens with zero attached hydrogens (tertiary/aromatic N) is 7. The lowest BCUT2D eigenvalue weighted by Gasteiger charge is -2.43. The molecule has 3 aliphatic heterocycles. The lowest BCUT2D eigenvalue weighted by Crippen LogP contribution is -2.55. The first kappa shape index (κ1) is 29.2. The van der Waals surface area contributed by atoms with E-state index in [9.17, 15) is 9.59 Å². The van der Waals surface area contributed by atoms with Gasteiger partial charge in [0.1, 0.15) is 5.82 Å². The minimum absolute atomic E-state index is 0.106. The molecule has 11 heteroatoms. The van der Waals surface area contributed by atoms with Gasteiger partial charge in [0, 0.05) is 74.9 Å². The maximum absolute atomic E-state index is 14.2. The van der Waals surface area contributed by atoms with E-state index in [2.05, 4.69) is 52.3 Å². The highest BCUT2D eigenvalue weighted by Gasteiger charge is 2.39. The van der Waals surface area contributed by atoms with Gasteiger partial charge in [0.25, 0.3) is 0 Å². The van der Waals surface area contributed by atoms with Crippen LogP contribution in [0.3, 0.4) is 0 Å². The highest BCUT2D eigenvalue weighted by atomic mass is 35.5. The van der Waals surface area contributed by atoms with Gasteiger partial charge in [-0.2, -0.15) is 4.98 Å². The van der Waals surface area contributed by atoms with E-state index in [0.717, 1.165) is 37.4 Å². The van der Waals surface area contributed by atoms with E-state index in [4.69, 9.17) is 16.6 Å². The molecule has 0 atom stereocenters. The number of fused-ring (bicyclic) bond motifs is 1. The van der Waals surface area contributed by atoms with Gasteiger partial charge < -0.3 is 20.0 Å². The number of amides is 3. The second-order valence-corrected chi connectivity index (χ2v) is 12.0. The number of carbonyl (C=O) groups excluding carboxylic acids is 2. The van der Waals surface area contributed by atoms with Gasteiger partial charge in [0.2, 0.25) is 11.9 Å². The molecular weight excluding hydrogens is 564 g/mol. The summed E-state index contributed by atoms with van der Waals surface area (Å²) in [5, 5.41) is 3.89. The van der Waals surface area contributed by atoms with E-state index >= 15 is 0 Å². The van der Waals surface area contributed by atoms with Crippen LogP contribution in [0, 0.1) is 6.92 Å². The first-order valence-electron chi connectivity index (χ1n) is 15.1. The Hall–Kier alpha value is -3.89. The van der Waals surface area contributed by atoms with Crippen LogP contribution < -0.4 is 20.0 Å². The molecule has 2 fully saturated rings. The van der Waals surface area contributed by atoms with Crippen molar-refractivity contribution in [2.45, 2.75) is 45.7 Å². The molecule has 0 saturated carbocycles. The predicted molar refractivity (Wildman–Crippen MR) is 172 cm³/mol. The fraction of sp³-hybridized carbons (Fsp3) is 0.438. The molecule has 0 bridgehead atoms. The van der Waals surface area contributed by atoms with E-state index in [1.54, 1.807) is 22.1 Å². The van der Waals surface area contributed by atoms with Gasteiger partial charge in [-0.3, -0.25) is 14.6 Å². The van der Waals surface area contributed by atoms with Crippen LogP contribution in [0.1, 0.15) is 37.3 Å². The highest BCUT2D eigenvalue weighted by Crippen LogP contribution is 2.37. The number of piperazine rings is 1. The molecular formula is C32H39ClN8O2. The molecule has 1 N–H and O–H groups in total. The number of para-hydroxylation sites is 1. The number of piperidine rings is 1. The molecule has 2 aromatic carbocycles. The zero-order valence-electron chi connectivity index (χ0n) is 25.1. The van der Waals surface area contributed by atoms with Crippen molar-refractivity contribution < 1.29 is 9.59 Å². The molecule has 10 nitrogen and oxygen atoms in total. The van der Waals surface area contributed by atoms with E-state index < -0.39 is 0 Å². The molecule has 43 heavy (non-hydrogen) atoms. The van der Waals surface area contributed by atoms with Crippen LogP contribution in [0.2, 0.25) is 5.02 Å². The Bertz CT molecular complexity index is 1500. The van der Waals surface area contributed by atoms with E-state index in [1.165, 1.54) is 11.3 Å². The Balaban J connectivity index is 1.28. The Morgan fingerprint density at radius 1 is 1.02 bits per heavy atom. The molecule has 226 valence electrons. The van der Waals surface area contributed by atoms with E-state index in [1.807, 2.05) is 30.0 Å². The molecule has 0 radical (unpaired) electrons. The largest absolute Gasteiger partial charge is 0.369 e. The molecule has 3 amide bonds. The molecule has 0 unspecified atom stereocenters. The number of rotatable bonds is 6. The summed E-state index contributed by atoms with van der Waals surface area (Å²) in [7, 11) is 2.16. The number of hydrogen-bond donors (Lipinski definition) is 1. The second-order valence-electron chi connectivity index (χ2n) is 11.6. The maximum atomic E-state index is 14.2. The monoisotopic (exact) mass is 602 g/mol. The SMILES string of the molecule is CCC(=O)N1CCC(N2C(=O)N(c3ccccc3Cl)Cc3cnc(Nc4ccc(N5CCN(C)CC5)c(C)c4)nc32)CC1. The summed E-state index contributed by atoms with van der Waals surface area (Å²) < 4.78 is 0.